The summed E-state index contributed by atoms with van der Waals surface area (Å²) in [6, 6.07) is 0. The number of aliphatic hydroxyl groups excluding tert-OH is 2. The molecule has 2 N–H and O–H groups in total. The van der Waals surface area contributed by atoms with E-state index < -0.39 is 124 Å². The number of hydrogen-bond donors (Lipinski definition) is 2. The number of rotatable bonds is 18. The summed E-state index contributed by atoms with van der Waals surface area (Å²) in [6.45, 7) is 5.19. The lowest BCUT2D eigenvalue weighted by Crippen LogP contribution is -2.64. The molecule has 0 aromatic rings. The summed E-state index contributed by atoms with van der Waals surface area (Å²) in [5.41, 5.74) is 0. The van der Waals surface area contributed by atoms with Gasteiger partial charge in [0.2, 0.25) is 0 Å². The number of hydrogen-bond acceptors (Lipinski definition) is 19. The molecule has 9 atom stereocenters. The molecule has 9 unspecified atom stereocenters. The van der Waals surface area contributed by atoms with Gasteiger partial charge < -0.3 is 57.6 Å². The van der Waals surface area contributed by atoms with Crippen molar-refractivity contribution in [1.82, 2.24) is 0 Å². The van der Waals surface area contributed by atoms with Crippen molar-refractivity contribution in [3.8, 4) is 0 Å². The Morgan fingerprint density at radius 3 is 1.64 bits per heavy atom. The molecule has 47 heavy (non-hydrogen) atoms. The molecule has 19 heteroatoms. The zero-order chi connectivity index (χ0) is 35.8. The van der Waals surface area contributed by atoms with Gasteiger partial charge in [0.15, 0.2) is 43.1 Å². The van der Waals surface area contributed by atoms with Gasteiger partial charge >= 0.3 is 41.8 Å². The van der Waals surface area contributed by atoms with Crippen LogP contribution in [0.15, 0.2) is 0 Å². The highest BCUT2D eigenvalue weighted by Gasteiger charge is 2.54. The molecule has 1 fully saturated rings. The summed E-state index contributed by atoms with van der Waals surface area (Å²) < 4.78 is 53.9. The third-order valence-corrected chi connectivity index (χ3v) is 5.92. The smallest absolute Gasteiger partial charge is 0.303 e. The van der Waals surface area contributed by atoms with Gasteiger partial charge in [0.1, 0.15) is 18.8 Å². The maximum Gasteiger partial charge on any atom is 0.303 e. The van der Waals surface area contributed by atoms with Crippen LogP contribution < -0.4 is 0 Å². The average molecular weight is 683 g/mol. The lowest BCUT2D eigenvalue weighted by Gasteiger charge is -2.45. The van der Waals surface area contributed by atoms with Crippen LogP contribution in [0.25, 0.3) is 0 Å². The second-order valence-electron chi connectivity index (χ2n) is 10.0. The van der Waals surface area contributed by atoms with E-state index in [9.17, 15) is 38.7 Å². The third-order valence-electron chi connectivity index (χ3n) is 5.92. The first-order valence-corrected chi connectivity index (χ1v) is 14.3. The molecule has 0 bridgehead atoms. The highest BCUT2D eigenvalue weighted by molar-refractivity contribution is 5.69. The maximum atomic E-state index is 12.3. The Balaban J connectivity index is 3.82. The van der Waals surface area contributed by atoms with Crippen LogP contribution in [0.3, 0.4) is 0 Å². The minimum atomic E-state index is -2.02. The van der Waals surface area contributed by atoms with Crippen molar-refractivity contribution in [3.63, 3.8) is 0 Å². The molecule has 0 amide bonds. The molecule has 0 spiro atoms. The van der Waals surface area contributed by atoms with Gasteiger partial charge in [-0.25, -0.2) is 0 Å². The van der Waals surface area contributed by atoms with Gasteiger partial charge in [-0.05, 0) is 0 Å². The fourth-order valence-electron chi connectivity index (χ4n) is 4.39. The van der Waals surface area contributed by atoms with E-state index in [2.05, 4.69) is 0 Å². The average Bonchev–Trinajstić information content (AvgIpc) is 2.93. The van der Waals surface area contributed by atoms with E-state index in [0.29, 0.717) is 0 Å². The second kappa shape index (κ2) is 20.4. The molecule has 0 radical (unpaired) electrons. The van der Waals surface area contributed by atoms with Gasteiger partial charge in [-0.2, -0.15) is 0 Å². The molecule has 1 heterocycles. The molecular weight excluding hydrogens is 640 g/mol. The molecule has 1 rings (SSSR count). The molecule has 0 aromatic carbocycles. The molecule has 0 aromatic heterocycles. The lowest BCUT2D eigenvalue weighted by molar-refractivity contribution is -0.328. The third kappa shape index (κ3) is 15.0. The minimum absolute atomic E-state index is 0.366. The molecular formula is C28H42O19. The van der Waals surface area contributed by atoms with Gasteiger partial charge in [0, 0.05) is 54.9 Å². The van der Waals surface area contributed by atoms with E-state index in [1.54, 1.807) is 0 Å². The normalized spacial score (nSPS) is 23.1. The molecule has 1 saturated heterocycles. The fraction of sp³-hybridized carbons (Fsp3) is 0.750. The van der Waals surface area contributed by atoms with E-state index in [1.165, 1.54) is 0 Å². The maximum absolute atomic E-state index is 12.3. The summed E-state index contributed by atoms with van der Waals surface area (Å²) in [5, 5.41) is 19.9. The van der Waals surface area contributed by atoms with Gasteiger partial charge in [0.05, 0.1) is 19.8 Å². The topological polar surface area (TPSA) is 252 Å². The first-order chi connectivity index (χ1) is 22.0. The Morgan fingerprint density at radius 2 is 1.15 bits per heavy atom. The van der Waals surface area contributed by atoms with Gasteiger partial charge in [-0.1, -0.05) is 0 Å². The molecule has 268 valence electrons. The van der Waals surface area contributed by atoms with Crippen LogP contribution >= 0.6 is 0 Å². The van der Waals surface area contributed by atoms with E-state index >= 15 is 0 Å². The lowest BCUT2D eigenvalue weighted by atomic mass is 9.97. The van der Waals surface area contributed by atoms with Crippen LogP contribution in [0.2, 0.25) is 0 Å². The van der Waals surface area contributed by atoms with Crippen molar-refractivity contribution in [2.75, 3.05) is 26.4 Å². The molecule has 0 saturated carbocycles. The number of carbonyl (C=O) groups is 7. The summed E-state index contributed by atoms with van der Waals surface area (Å²) in [5.74, 6) is -6.16. The standard InChI is InChI=1S/C28H42O19/c1-13(30)38-10-8-20(22(41-15(3)32)25(44-18(6)35)27(37)39-11-9-29)46-28-26(45-19(7)36)24(43-17(5)34)23(42-16(4)33)21(47-28)12-40-14(2)31/h20-29,37H,8-12H2,1-7H3. The van der Waals surface area contributed by atoms with Crippen molar-refractivity contribution in [2.45, 2.75) is 110 Å². The van der Waals surface area contributed by atoms with Crippen LogP contribution in [-0.2, 0) is 80.9 Å². The van der Waals surface area contributed by atoms with Crippen molar-refractivity contribution >= 4 is 41.8 Å². The van der Waals surface area contributed by atoms with E-state index in [-0.39, 0.29) is 6.42 Å². The van der Waals surface area contributed by atoms with E-state index in [1.807, 2.05) is 0 Å². The van der Waals surface area contributed by atoms with E-state index in [0.717, 1.165) is 48.5 Å². The van der Waals surface area contributed by atoms with Gasteiger partial charge in [0.25, 0.3) is 0 Å². The zero-order valence-electron chi connectivity index (χ0n) is 27.1. The predicted molar refractivity (Wildman–Crippen MR) is 148 cm³/mol. The number of esters is 7. The largest absolute Gasteiger partial charge is 0.466 e. The number of ether oxygens (including phenoxy) is 10. The Hall–Kier alpha value is -3.91. The van der Waals surface area contributed by atoms with Crippen LogP contribution in [0.4, 0.5) is 0 Å². The van der Waals surface area contributed by atoms with Crippen LogP contribution in [0, 0.1) is 0 Å². The SMILES string of the molecule is CC(=O)OCCC(OC1OC(COC(C)=O)C(OC(C)=O)C(OC(C)=O)C1OC(C)=O)C(OC(C)=O)C(OC(C)=O)C(O)OCCO. The Labute approximate surface area is 269 Å². The first-order valence-electron chi connectivity index (χ1n) is 14.3. The molecule has 1 aliphatic rings. The first kappa shape index (κ1) is 41.1. The van der Waals surface area contributed by atoms with Crippen molar-refractivity contribution in [2.24, 2.45) is 0 Å². The summed E-state index contributed by atoms with van der Waals surface area (Å²) in [7, 11) is 0. The molecule has 1 aliphatic heterocycles. The minimum Gasteiger partial charge on any atom is -0.466 e. The summed E-state index contributed by atoms with van der Waals surface area (Å²) >= 11 is 0. The molecule has 0 aliphatic carbocycles. The van der Waals surface area contributed by atoms with Crippen molar-refractivity contribution in [1.29, 1.82) is 0 Å². The molecule has 19 nitrogen and oxygen atoms in total. The number of carbonyl (C=O) groups excluding carboxylic acids is 7. The summed E-state index contributed by atoms with van der Waals surface area (Å²) in [4.78, 5) is 84.0. The zero-order valence-corrected chi connectivity index (χ0v) is 27.1. The van der Waals surface area contributed by atoms with Gasteiger partial charge in [-0.3, -0.25) is 33.6 Å². The quantitative estimate of drug-likeness (QED) is 0.0957. The Bertz CT molecular complexity index is 1090. The van der Waals surface area contributed by atoms with E-state index in [4.69, 9.17) is 52.5 Å². The van der Waals surface area contributed by atoms with Crippen molar-refractivity contribution < 1.29 is 91.1 Å². The Kier molecular flexibility index (Phi) is 17.8. The van der Waals surface area contributed by atoms with Crippen LogP contribution in [0.1, 0.15) is 54.9 Å². The summed E-state index contributed by atoms with van der Waals surface area (Å²) in [6.07, 6.45) is -15.7. The van der Waals surface area contributed by atoms with Crippen LogP contribution in [-0.4, -0.2) is 134 Å². The van der Waals surface area contributed by atoms with Crippen LogP contribution in [0.5, 0.6) is 0 Å². The van der Waals surface area contributed by atoms with Crippen molar-refractivity contribution in [3.05, 3.63) is 0 Å². The number of aliphatic hydroxyl groups is 2. The highest BCUT2D eigenvalue weighted by Crippen LogP contribution is 2.32. The highest BCUT2D eigenvalue weighted by atomic mass is 16.7. The fourth-order valence-corrected chi connectivity index (χ4v) is 4.39. The monoisotopic (exact) mass is 682 g/mol. The Morgan fingerprint density at radius 1 is 0.638 bits per heavy atom. The second-order valence-corrected chi connectivity index (χ2v) is 10.0. The van der Waals surface area contributed by atoms with Gasteiger partial charge in [-0.15, -0.1) is 0 Å². The predicted octanol–water partition coefficient (Wildman–Crippen LogP) is -1.40.